The quantitative estimate of drug-likeness (QED) is 0.126. The Labute approximate surface area is 215 Å². The molecule has 1 aliphatic rings. The minimum Gasteiger partial charge on any atom is -0.491 e. The highest BCUT2D eigenvalue weighted by atomic mass is 19.2. The Hall–Kier alpha value is -3.54. The van der Waals surface area contributed by atoms with Crippen LogP contribution in [0.4, 0.5) is 13.2 Å². The molecule has 6 heteroatoms. The van der Waals surface area contributed by atoms with E-state index in [9.17, 15) is 18.0 Å². The second kappa shape index (κ2) is 12.1. The van der Waals surface area contributed by atoms with Crippen LogP contribution >= 0.6 is 0 Å². The maximum absolute atomic E-state index is 15.0. The van der Waals surface area contributed by atoms with Crippen molar-refractivity contribution in [1.82, 2.24) is 0 Å². The van der Waals surface area contributed by atoms with Gasteiger partial charge in [0.05, 0.1) is 12.2 Å². The van der Waals surface area contributed by atoms with E-state index in [-0.39, 0.29) is 28.5 Å². The van der Waals surface area contributed by atoms with E-state index in [4.69, 9.17) is 9.47 Å². The van der Waals surface area contributed by atoms with Gasteiger partial charge in [0.2, 0.25) is 0 Å². The number of halogens is 3. The van der Waals surface area contributed by atoms with E-state index in [0.29, 0.717) is 30.1 Å². The summed E-state index contributed by atoms with van der Waals surface area (Å²) in [5.74, 6) is -2.13. The molecule has 3 aromatic rings. The van der Waals surface area contributed by atoms with Gasteiger partial charge in [-0.05, 0) is 79.0 Å². The van der Waals surface area contributed by atoms with Gasteiger partial charge in [0, 0.05) is 5.56 Å². The van der Waals surface area contributed by atoms with Crippen molar-refractivity contribution in [3.63, 3.8) is 0 Å². The molecule has 1 fully saturated rings. The molecule has 1 aliphatic carbocycles. The third kappa shape index (κ3) is 6.43. The van der Waals surface area contributed by atoms with Crippen LogP contribution in [0.3, 0.4) is 0 Å². The molecule has 0 amide bonds. The zero-order valence-corrected chi connectivity index (χ0v) is 20.9. The smallest absolute Gasteiger partial charge is 0.343 e. The number of ether oxygens (including phenoxy) is 2. The highest BCUT2D eigenvalue weighted by Crippen LogP contribution is 2.39. The standard InChI is InChI=1S/C31H31F3O3/c1-3-4-5-18-36-28-17-12-23(19-27(28)32)31(35)37-24-13-10-22(11-14-24)26-16-15-25(29(33)30(26)34)21-8-6-20(2)7-9-21/h3,10-17,19-21H,1,4-9,18H2,2H3. The minimum atomic E-state index is -0.872. The van der Waals surface area contributed by atoms with Gasteiger partial charge in [-0.3, -0.25) is 0 Å². The Balaban J connectivity index is 1.41. The highest BCUT2D eigenvalue weighted by Gasteiger charge is 2.25. The van der Waals surface area contributed by atoms with Gasteiger partial charge >= 0.3 is 5.97 Å². The van der Waals surface area contributed by atoms with Crippen molar-refractivity contribution < 1.29 is 27.4 Å². The fourth-order valence-corrected chi connectivity index (χ4v) is 4.70. The van der Waals surface area contributed by atoms with Crippen LogP contribution in [0, 0.1) is 23.4 Å². The second-order valence-electron chi connectivity index (χ2n) is 9.63. The van der Waals surface area contributed by atoms with Crippen molar-refractivity contribution in [3.8, 4) is 22.6 Å². The first-order chi connectivity index (χ1) is 17.9. The fraction of sp³-hybridized carbons (Fsp3) is 0.323. The first kappa shape index (κ1) is 26.5. The first-order valence-corrected chi connectivity index (χ1v) is 12.7. The SMILES string of the molecule is C=CCCCOc1ccc(C(=O)Oc2ccc(-c3ccc(C4CCC(C)CC4)c(F)c3F)cc2)cc1F. The van der Waals surface area contributed by atoms with Crippen molar-refractivity contribution in [2.45, 2.75) is 51.4 Å². The van der Waals surface area contributed by atoms with Gasteiger partial charge in [0.25, 0.3) is 0 Å². The summed E-state index contributed by atoms with van der Waals surface area (Å²) < 4.78 is 55.0. The summed E-state index contributed by atoms with van der Waals surface area (Å²) in [5.41, 5.74) is 1.08. The molecule has 0 radical (unpaired) electrons. The van der Waals surface area contributed by atoms with Crippen LogP contribution in [0.2, 0.25) is 0 Å². The van der Waals surface area contributed by atoms with Crippen LogP contribution in [0.5, 0.6) is 11.5 Å². The van der Waals surface area contributed by atoms with E-state index >= 15 is 0 Å². The topological polar surface area (TPSA) is 35.5 Å². The van der Waals surface area contributed by atoms with Crippen LogP contribution in [0.1, 0.15) is 67.3 Å². The number of carbonyl (C=O) groups is 1. The Bertz CT molecular complexity index is 1250. The zero-order valence-electron chi connectivity index (χ0n) is 20.9. The second-order valence-corrected chi connectivity index (χ2v) is 9.63. The number of benzene rings is 3. The number of rotatable bonds is 9. The maximum Gasteiger partial charge on any atom is 0.343 e. The Morgan fingerprint density at radius 2 is 1.70 bits per heavy atom. The lowest BCUT2D eigenvalue weighted by Gasteiger charge is -2.27. The Morgan fingerprint density at radius 1 is 0.973 bits per heavy atom. The van der Waals surface area contributed by atoms with Gasteiger partial charge < -0.3 is 9.47 Å². The molecule has 3 nitrogen and oxygen atoms in total. The molecule has 0 atom stereocenters. The Kier molecular flexibility index (Phi) is 8.70. The molecule has 3 aromatic carbocycles. The van der Waals surface area contributed by atoms with E-state index in [1.54, 1.807) is 30.3 Å². The normalized spacial score (nSPS) is 17.3. The van der Waals surface area contributed by atoms with Crippen molar-refractivity contribution in [2.75, 3.05) is 6.61 Å². The average Bonchev–Trinajstić information content (AvgIpc) is 2.90. The first-order valence-electron chi connectivity index (χ1n) is 12.7. The molecule has 0 N–H and O–H groups in total. The van der Waals surface area contributed by atoms with E-state index in [0.717, 1.165) is 38.2 Å². The van der Waals surface area contributed by atoms with Gasteiger partial charge in [0.15, 0.2) is 23.2 Å². The van der Waals surface area contributed by atoms with Gasteiger partial charge in [-0.15, -0.1) is 6.58 Å². The number of unbranched alkanes of at least 4 members (excludes halogenated alkanes) is 1. The monoisotopic (exact) mass is 508 g/mol. The fourth-order valence-electron chi connectivity index (χ4n) is 4.70. The van der Waals surface area contributed by atoms with E-state index < -0.39 is 23.4 Å². The van der Waals surface area contributed by atoms with Gasteiger partial charge in [-0.25, -0.2) is 18.0 Å². The highest BCUT2D eigenvalue weighted by molar-refractivity contribution is 5.91. The largest absolute Gasteiger partial charge is 0.491 e. The lowest BCUT2D eigenvalue weighted by molar-refractivity contribution is 0.0734. The molecule has 37 heavy (non-hydrogen) atoms. The molecule has 194 valence electrons. The van der Waals surface area contributed by atoms with Gasteiger partial charge in [-0.1, -0.05) is 50.1 Å². The molecule has 0 heterocycles. The summed E-state index contributed by atoms with van der Waals surface area (Å²) in [6.45, 7) is 6.15. The van der Waals surface area contributed by atoms with Crippen LogP contribution in [0.25, 0.3) is 11.1 Å². The molecule has 0 saturated heterocycles. The summed E-state index contributed by atoms with van der Waals surface area (Å²) in [7, 11) is 0. The van der Waals surface area contributed by atoms with Crippen LogP contribution in [0.15, 0.2) is 67.3 Å². The van der Waals surface area contributed by atoms with Crippen molar-refractivity contribution in [3.05, 3.63) is 95.8 Å². The molecule has 0 aliphatic heterocycles. The van der Waals surface area contributed by atoms with Crippen molar-refractivity contribution in [1.29, 1.82) is 0 Å². The maximum atomic E-state index is 15.0. The number of allylic oxidation sites excluding steroid dienone is 1. The summed E-state index contributed by atoms with van der Waals surface area (Å²) in [4.78, 5) is 12.5. The summed E-state index contributed by atoms with van der Waals surface area (Å²) in [6.07, 6.45) is 7.01. The molecule has 4 rings (SSSR count). The predicted octanol–water partition coefficient (Wildman–Crippen LogP) is 8.63. The lowest BCUT2D eigenvalue weighted by atomic mass is 9.79. The van der Waals surface area contributed by atoms with E-state index in [2.05, 4.69) is 13.5 Å². The molecule has 0 spiro atoms. The van der Waals surface area contributed by atoms with Crippen molar-refractivity contribution in [2.24, 2.45) is 5.92 Å². The third-order valence-corrected chi connectivity index (χ3v) is 6.92. The number of esters is 1. The van der Waals surface area contributed by atoms with Crippen LogP contribution in [-0.2, 0) is 0 Å². The molecule has 0 unspecified atom stereocenters. The van der Waals surface area contributed by atoms with Crippen LogP contribution in [-0.4, -0.2) is 12.6 Å². The summed E-state index contributed by atoms with van der Waals surface area (Å²) >= 11 is 0. The van der Waals surface area contributed by atoms with Crippen LogP contribution < -0.4 is 9.47 Å². The number of hydrogen-bond donors (Lipinski definition) is 0. The predicted molar refractivity (Wildman–Crippen MR) is 138 cm³/mol. The third-order valence-electron chi connectivity index (χ3n) is 6.92. The van der Waals surface area contributed by atoms with E-state index in [1.807, 2.05) is 0 Å². The lowest BCUT2D eigenvalue weighted by Crippen LogP contribution is -2.13. The molecular formula is C31H31F3O3. The molecule has 0 aromatic heterocycles. The molecule has 1 saturated carbocycles. The van der Waals surface area contributed by atoms with Gasteiger partial charge in [0.1, 0.15) is 5.75 Å². The average molecular weight is 509 g/mol. The summed E-state index contributed by atoms with van der Waals surface area (Å²) in [5, 5.41) is 0. The number of hydrogen-bond acceptors (Lipinski definition) is 3. The van der Waals surface area contributed by atoms with Crippen molar-refractivity contribution >= 4 is 5.97 Å². The number of carbonyl (C=O) groups excluding carboxylic acids is 1. The zero-order chi connectivity index (χ0) is 26.4. The summed E-state index contributed by atoms with van der Waals surface area (Å²) in [6, 6.07) is 13.3. The van der Waals surface area contributed by atoms with E-state index in [1.165, 1.54) is 24.3 Å². The van der Waals surface area contributed by atoms with Gasteiger partial charge in [-0.2, -0.15) is 0 Å². The molecular weight excluding hydrogens is 477 g/mol. The minimum absolute atomic E-state index is 0.0285. The Morgan fingerprint density at radius 3 is 2.38 bits per heavy atom. The molecule has 0 bridgehead atoms.